The second-order valence-electron chi connectivity index (χ2n) is 8.28. The van der Waals surface area contributed by atoms with Crippen LogP contribution >= 0.6 is 0 Å². The van der Waals surface area contributed by atoms with Gasteiger partial charge in [-0.3, -0.25) is 9.56 Å². The standard InChI is InChI=1S/C25H32N6O/c1-18-8-10-21(23(14-18)32-22-6-4-5-7-22)17-30-25(26-3)29-16-20-9-11-24(28-15-20)31-13-12-27-19(31)2/h8-15,22H,4-7,16-17H2,1-3H3,(H2,26,29,30). The highest BCUT2D eigenvalue weighted by Crippen LogP contribution is 2.27. The Morgan fingerprint density at radius 3 is 2.59 bits per heavy atom. The van der Waals surface area contributed by atoms with E-state index in [1.807, 2.05) is 30.0 Å². The van der Waals surface area contributed by atoms with Crippen LogP contribution in [0.15, 0.2) is 53.9 Å². The number of hydrogen-bond acceptors (Lipinski definition) is 4. The molecule has 1 aliphatic rings. The van der Waals surface area contributed by atoms with Gasteiger partial charge < -0.3 is 15.4 Å². The minimum absolute atomic E-state index is 0.342. The van der Waals surface area contributed by atoms with Crippen molar-refractivity contribution in [1.82, 2.24) is 25.2 Å². The lowest BCUT2D eigenvalue weighted by atomic mass is 10.1. The minimum Gasteiger partial charge on any atom is -0.490 e. The molecule has 4 rings (SSSR count). The summed E-state index contributed by atoms with van der Waals surface area (Å²) in [7, 11) is 1.78. The Balaban J connectivity index is 1.33. The summed E-state index contributed by atoms with van der Waals surface area (Å²) in [5, 5.41) is 6.77. The number of pyridine rings is 1. The molecule has 1 saturated carbocycles. The van der Waals surface area contributed by atoms with Gasteiger partial charge in [0.25, 0.3) is 0 Å². The molecule has 1 aromatic carbocycles. The summed E-state index contributed by atoms with van der Waals surface area (Å²) in [4.78, 5) is 13.2. The van der Waals surface area contributed by atoms with Crippen molar-refractivity contribution in [3.63, 3.8) is 0 Å². The lowest BCUT2D eigenvalue weighted by Crippen LogP contribution is -2.36. The van der Waals surface area contributed by atoms with Crippen LogP contribution in [0.4, 0.5) is 0 Å². The molecule has 0 atom stereocenters. The van der Waals surface area contributed by atoms with Gasteiger partial charge in [0.2, 0.25) is 0 Å². The van der Waals surface area contributed by atoms with Crippen molar-refractivity contribution < 1.29 is 4.74 Å². The highest BCUT2D eigenvalue weighted by molar-refractivity contribution is 5.79. The van der Waals surface area contributed by atoms with E-state index in [1.165, 1.54) is 18.4 Å². The van der Waals surface area contributed by atoms with Crippen LogP contribution in [0, 0.1) is 13.8 Å². The maximum absolute atomic E-state index is 6.32. The molecule has 2 N–H and O–H groups in total. The van der Waals surface area contributed by atoms with Crippen molar-refractivity contribution in [3.8, 4) is 11.6 Å². The van der Waals surface area contributed by atoms with Crippen LogP contribution < -0.4 is 15.4 Å². The lowest BCUT2D eigenvalue weighted by molar-refractivity contribution is 0.207. The fourth-order valence-electron chi connectivity index (χ4n) is 3.97. The van der Waals surface area contributed by atoms with Gasteiger partial charge in [-0.15, -0.1) is 0 Å². The zero-order valence-electron chi connectivity index (χ0n) is 19.1. The average molecular weight is 433 g/mol. The SMILES string of the molecule is CN=C(NCc1ccc(-n2ccnc2C)nc1)NCc1ccc(C)cc1OC1CCCC1. The number of rotatable bonds is 7. The fraction of sp³-hybridized carbons (Fsp3) is 0.400. The predicted molar refractivity (Wildman–Crippen MR) is 127 cm³/mol. The van der Waals surface area contributed by atoms with Gasteiger partial charge in [0.1, 0.15) is 17.4 Å². The Kier molecular flexibility index (Phi) is 7.04. The third-order valence-electron chi connectivity index (χ3n) is 5.83. The van der Waals surface area contributed by atoms with Crippen molar-refractivity contribution in [3.05, 3.63) is 71.4 Å². The van der Waals surface area contributed by atoms with E-state index in [4.69, 9.17) is 4.74 Å². The molecule has 0 amide bonds. The summed E-state index contributed by atoms with van der Waals surface area (Å²) in [6.07, 6.45) is 10.7. The van der Waals surface area contributed by atoms with E-state index >= 15 is 0 Å². The van der Waals surface area contributed by atoms with E-state index in [-0.39, 0.29) is 0 Å². The summed E-state index contributed by atoms with van der Waals surface area (Å²) in [5.74, 6) is 3.50. The topological polar surface area (TPSA) is 76.4 Å². The number of guanidine groups is 1. The largest absolute Gasteiger partial charge is 0.490 e. The number of benzene rings is 1. The third-order valence-corrected chi connectivity index (χ3v) is 5.83. The second-order valence-corrected chi connectivity index (χ2v) is 8.28. The number of aromatic nitrogens is 3. The second kappa shape index (κ2) is 10.3. The first kappa shape index (κ1) is 21.9. The average Bonchev–Trinajstić information content (AvgIpc) is 3.47. The number of nitrogens with one attached hydrogen (secondary N) is 2. The molecule has 7 heteroatoms. The number of aliphatic imine (C=N–C) groups is 1. The Bertz CT molecular complexity index is 1050. The van der Waals surface area contributed by atoms with E-state index in [0.29, 0.717) is 19.2 Å². The maximum Gasteiger partial charge on any atom is 0.191 e. The van der Waals surface area contributed by atoms with Crippen LogP contribution in [0.25, 0.3) is 5.82 Å². The van der Waals surface area contributed by atoms with Crippen molar-refractivity contribution in [1.29, 1.82) is 0 Å². The normalized spacial score (nSPS) is 14.5. The quantitative estimate of drug-likeness (QED) is 0.435. The predicted octanol–water partition coefficient (Wildman–Crippen LogP) is 4.07. The van der Waals surface area contributed by atoms with Crippen LogP contribution in [0.1, 0.15) is 48.2 Å². The molecule has 0 saturated heterocycles. The fourth-order valence-corrected chi connectivity index (χ4v) is 3.97. The Hall–Kier alpha value is -3.35. The van der Waals surface area contributed by atoms with E-state index in [9.17, 15) is 0 Å². The van der Waals surface area contributed by atoms with Crippen molar-refractivity contribution in [2.75, 3.05) is 7.05 Å². The number of hydrogen-bond donors (Lipinski definition) is 2. The smallest absolute Gasteiger partial charge is 0.191 e. The molecule has 32 heavy (non-hydrogen) atoms. The molecule has 0 radical (unpaired) electrons. The van der Waals surface area contributed by atoms with Gasteiger partial charge in [-0.1, -0.05) is 18.2 Å². The van der Waals surface area contributed by atoms with Crippen molar-refractivity contribution >= 4 is 5.96 Å². The molecule has 0 aliphatic heterocycles. The lowest BCUT2D eigenvalue weighted by Gasteiger charge is -2.18. The Morgan fingerprint density at radius 1 is 1.09 bits per heavy atom. The van der Waals surface area contributed by atoms with Gasteiger partial charge in [-0.25, -0.2) is 9.97 Å². The summed E-state index contributed by atoms with van der Waals surface area (Å²) in [5.41, 5.74) is 3.44. The van der Waals surface area contributed by atoms with E-state index in [1.54, 1.807) is 13.2 Å². The number of aryl methyl sites for hydroxylation is 2. The highest BCUT2D eigenvalue weighted by Gasteiger charge is 2.18. The number of nitrogens with zero attached hydrogens (tertiary/aromatic N) is 4. The zero-order chi connectivity index (χ0) is 22.3. The molecule has 1 fully saturated rings. The minimum atomic E-state index is 0.342. The Morgan fingerprint density at radius 2 is 1.91 bits per heavy atom. The summed E-state index contributed by atoms with van der Waals surface area (Å²) >= 11 is 0. The molecular weight excluding hydrogens is 400 g/mol. The molecular formula is C25H32N6O. The highest BCUT2D eigenvalue weighted by atomic mass is 16.5. The molecule has 2 aromatic heterocycles. The molecule has 3 aromatic rings. The van der Waals surface area contributed by atoms with Crippen molar-refractivity contribution in [2.45, 2.75) is 58.7 Å². The van der Waals surface area contributed by atoms with Gasteiger partial charge in [-0.2, -0.15) is 0 Å². The molecule has 168 valence electrons. The van der Waals surface area contributed by atoms with E-state index < -0.39 is 0 Å². The molecule has 1 aliphatic carbocycles. The molecule has 0 unspecified atom stereocenters. The van der Waals surface area contributed by atoms with Gasteiger partial charge in [0, 0.05) is 44.3 Å². The third kappa shape index (κ3) is 5.46. The van der Waals surface area contributed by atoms with Crippen LogP contribution in [0.2, 0.25) is 0 Å². The van der Waals surface area contributed by atoms with E-state index in [0.717, 1.165) is 47.3 Å². The Labute approximate surface area is 190 Å². The molecule has 2 heterocycles. The number of ether oxygens (including phenoxy) is 1. The maximum atomic E-state index is 6.32. The summed E-state index contributed by atoms with van der Waals surface area (Å²) < 4.78 is 8.28. The summed E-state index contributed by atoms with van der Waals surface area (Å²) in [6, 6.07) is 10.5. The van der Waals surface area contributed by atoms with Gasteiger partial charge in [0.15, 0.2) is 5.96 Å². The van der Waals surface area contributed by atoms with E-state index in [2.05, 4.69) is 56.8 Å². The molecule has 0 spiro atoms. The first-order valence-electron chi connectivity index (χ1n) is 11.3. The number of imidazole rings is 1. The van der Waals surface area contributed by atoms with Crippen molar-refractivity contribution in [2.24, 2.45) is 4.99 Å². The van der Waals surface area contributed by atoms with Crippen LogP contribution in [0.3, 0.4) is 0 Å². The van der Waals surface area contributed by atoms with Crippen LogP contribution in [-0.4, -0.2) is 33.6 Å². The van der Waals surface area contributed by atoms with Crippen LogP contribution in [0.5, 0.6) is 5.75 Å². The molecule has 7 nitrogen and oxygen atoms in total. The van der Waals surface area contributed by atoms with Gasteiger partial charge >= 0.3 is 0 Å². The van der Waals surface area contributed by atoms with Gasteiger partial charge in [0.05, 0.1) is 6.10 Å². The zero-order valence-corrected chi connectivity index (χ0v) is 19.1. The summed E-state index contributed by atoms with van der Waals surface area (Å²) in [6.45, 7) is 5.35. The van der Waals surface area contributed by atoms with Gasteiger partial charge in [-0.05, 0) is 62.8 Å². The molecule has 0 bridgehead atoms. The first-order chi connectivity index (χ1) is 15.6. The van der Waals surface area contributed by atoms with Crippen LogP contribution in [-0.2, 0) is 13.1 Å². The first-order valence-corrected chi connectivity index (χ1v) is 11.3. The monoisotopic (exact) mass is 432 g/mol.